The van der Waals surface area contributed by atoms with Crippen molar-refractivity contribution in [1.82, 2.24) is 4.98 Å². The maximum atomic E-state index is 5.77. The highest BCUT2D eigenvalue weighted by molar-refractivity contribution is 7.09. The monoisotopic (exact) mass is 281 g/mol. The van der Waals surface area contributed by atoms with Crippen molar-refractivity contribution >= 4 is 11.3 Å². The van der Waals surface area contributed by atoms with Crippen molar-refractivity contribution in [2.75, 3.05) is 0 Å². The van der Waals surface area contributed by atoms with Gasteiger partial charge in [0.2, 0.25) is 0 Å². The third-order valence-corrected chi connectivity index (χ3v) is 3.81. The van der Waals surface area contributed by atoms with E-state index in [0.29, 0.717) is 6.61 Å². The molecule has 2 aromatic carbocycles. The van der Waals surface area contributed by atoms with Crippen LogP contribution in [0.3, 0.4) is 0 Å². The molecule has 20 heavy (non-hydrogen) atoms. The van der Waals surface area contributed by atoms with Gasteiger partial charge >= 0.3 is 0 Å². The minimum Gasteiger partial charge on any atom is -0.489 e. The first-order chi connectivity index (χ1) is 9.90. The van der Waals surface area contributed by atoms with Gasteiger partial charge in [0.25, 0.3) is 0 Å². The smallest absolute Gasteiger partial charge is 0.119 e. The summed E-state index contributed by atoms with van der Waals surface area (Å²) in [4.78, 5) is 5.37. The summed E-state index contributed by atoms with van der Waals surface area (Å²) in [7, 11) is 0. The molecule has 1 heterocycles. The van der Waals surface area contributed by atoms with E-state index in [9.17, 15) is 0 Å². The zero-order valence-corrected chi connectivity index (χ0v) is 11.8. The van der Waals surface area contributed by atoms with Crippen molar-refractivity contribution in [1.29, 1.82) is 0 Å². The highest BCUT2D eigenvalue weighted by atomic mass is 32.1. The molecule has 3 heteroatoms. The molecule has 0 unspecified atom stereocenters. The zero-order chi connectivity index (χ0) is 13.6. The second-order valence-electron chi connectivity index (χ2n) is 4.56. The van der Waals surface area contributed by atoms with Crippen molar-refractivity contribution in [3.8, 4) is 5.75 Å². The van der Waals surface area contributed by atoms with Crippen LogP contribution in [0.2, 0.25) is 0 Å². The number of aromatic nitrogens is 1. The van der Waals surface area contributed by atoms with Gasteiger partial charge in [-0.2, -0.15) is 0 Å². The standard InChI is InChI=1S/C17H15NOS/c1-2-4-15(5-3-1)12-19-16-8-6-14(7-9-16)10-17-11-18-13-20-17/h1-9,11,13H,10,12H2. The van der Waals surface area contributed by atoms with Crippen molar-refractivity contribution in [2.24, 2.45) is 0 Å². The molecule has 0 radical (unpaired) electrons. The summed E-state index contributed by atoms with van der Waals surface area (Å²) >= 11 is 1.69. The van der Waals surface area contributed by atoms with Gasteiger partial charge in [0.05, 0.1) is 5.51 Å². The quantitative estimate of drug-likeness (QED) is 0.695. The topological polar surface area (TPSA) is 22.1 Å². The van der Waals surface area contributed by atoms with Crippen LogP contribution in [0.5, 0.6) is 5.75 Å². The molecule has 3 aromatic rings. The molecule has 0 saturated heterocycles. The summed E-state index contributed by atoms with van der Waals surface area (Å²) in [6.45, 7) is 0.606. The maximum Gasteiger partial charge on any atom is 0.119 e. The van der Waals surface area contributed by atoms with E-state index < -0.39 is 0 Å². The van der Waals surface area contributed by atoms with Crippen molar-refractivity contribution in [3.63, 3.8) is 0 Å². The summed E-state index contributed by atoms with van der Waals surface area (Å²) in [5.41, 5.74) is 4.33. The Morgan fingerprint density at radius 1 is 0.900 bits per heavy atom. The molecule has 0 N–H and O–H groups in total. The molecule has 2 nitrogen and oxygen atoms in total. The van der Waals surface area contributed by atoms with Gasteiger partial charge in [0.1, 0.15) is 12.4 Å². The van der Waals surface area contributed by atoms with Crippen LogP contribution in [-0.2, 0) is 13.0 Å². The summed E-state index contributed by atoms with van der Waals surface area (Å²) in [6, 6.07) is 18.5. The van der Waals surface area contributed by atoms with Crippen molar-refractivity contribution < 1.29 is 4.74 Å². The van der Waals surface area contributed by atoms with E-state index in [-0.39, 0.29) is 0 Å². The van der Waals surface area contributed by atoms with Gasteiger partial charge in [0, 0.05) is 17.5 Å². The first-order valence-electron chi connectivity index (χ1n) is 6.53. The van der Waals surface area contributed by atoms with E-state index in [1.807, 2.05) is 42.0 Å². The third kappa shape index (κ3) is 3.45. The van der Waals surface area contributed by atoms with Crippen molar-refractivity contribution in [3.05, 3.63) is 82.3 Å². The van der Waals surface area contributed by atoms with Gasteiger partial charge in [-0.3, -0.25) is 4.98 Å². The van der Waals surface area contributed by atoms with Crippen LogP contribution < -0.4 is 4.74 Å². The lowest BCUT2D eigenvalue weighted by Gasteiger charge is -2.07. The molecule has 1 aromatic heterocycles. The minimum atomic E-state index is 0.606. The van der Waals surface area contributed by atoms with Crippen LogP contribution in [0.1, 0.15) is 16.0 Å². The Bertz CT molecular complexity index is 633. The predicted octanol–water partition coefficient (Wildman–Crippen LogP) is 4.31. The number of nitrogens with zero attached hydrogens (tertiary/aromatic N) is 1. The lowest BCUT2D eigenvalue weighted by molar-refractivity contribution is 0.306. The fraction of sp³-hybridized carbons (Fsp3) is 0.118. The van der Waals surface area contributed by atoms with E-state index in [0.717, 1.165) is 12.2 Å². The lowest BCUT2D eigenvalue weighted by atomic mass is 10.1. The molecule has 3 rings (SSSR count). The van der Waals surface area contributed by atoms with E-state index in [1.165, 1.54) is 16.0 Å². The molecular weight excluding hydrogens is 266 g/mol. The van der Waals surface area contributed by atoms with Crippen LogP contribution >= 0.6 is 11.3 Å². The van der Waals surface area contributed by atoms with Crippen LogP contribution in [0, 0.1) is 0 Å². The van der Waals surface area contributed by atoms with Crippen LogP contribution in [0.25, 0.3) is 0 Å². The number of hydrogen-bond donors (Lipinski definition) is 0. The van der Waals surface area contributed by atoms with Crippen molar-refractivity contribution in [2.45, 2.75) is 13.0 Å². The molecule has 0 aliphatic rings. The Morgan fingerprint density at radius 2 is 1.70 bits per heavy atom. The number of ether oxygens (including phenoxy) is 1. The average Bonchev–Trinajstić information content (AvgIpc) is 3.01. The number of benzene rings is 2. The van der Waals surface area contributed by atoms with Gasteiger partial charge in [-0.25, -0.2) is 0 Å². The molecule has 0 aliphatic carbocycles. The number of rotatable bonds is 5. The van der Waals surface area contributed by atoms with Gasteiger partial charge < -0.3 is 4.74 Å². The maximum absolute atomic E-state index is 5.77. The predicted molar refractivity (Wildman–Crippen MR) is 82.1 cm³/mol. The van der Waals surface area contributed by atoms with Gasteiger partial charge in [-0.05, 0) is 23.3 Å². The normalized spacial score (nSPS) is 10.4. The molecule has 0 aliphatic heterocycles. The molecule has 0 saturated carbocycles. The Hall–Kier alpha value is -2.13. The highest BCUT2D eigenvalue weighted by Crippen LogP contribution is 2.18. The fourth-order valence-corrected chi connectivity index (χ4v) is 2.60. The van der Waals surface area contributed by atoms with E-state index in [4.69, 9.17) is 4.74 Å². The molecule has 0 spiro atoms. The molecule has 0 amide bonds. The number of hydrogen-bond acceptors (Lipinski definition) is 3. The van der Waals surface area contributed by atoms with Gasteiger partial charge in [-0.1, -0.05) is 42.5 Å². The average molecular weight is 281 g/mol. The molecule has 0 fully saturated rings. The molecule has 0 atom stereocenters. The first-order valence-corrected chi connectivity index (χ1v) is 7.41. The summed E-state index contributed by atoms with van der Waals surface area (Å²) in [5.74, 6) is 0.905. The summed E-state index contributed by atoms with van der Waals surface area (Å²) < 4.78 is 5.77. The van der Waals surface area contributed by atoms with E-state index in [1.54, 1.807) is 11.3 Å². The van der Waals surface area contributed by atoms with Gasteiger partial charge in [-0.15, -0.1) is 11.3 Å². The Kier molecular flexibility index (Phi) is 4.09. The molecule has 100 valence electrons. The van der Waals surface area contributed by atoms with E-state index >= 15 is 0 Å². The SMILES string of the molecule is c1ccc(COc2ccc(Cc3cncs3)cc2)cc1. The number of thiazole rings is 1. The molecule has 0 bridgehead atoms. The van der Waals surface area contributed by atoms with Crippen LogP contribution in [0.15, 0.2) is 66.3 Å². The second kappa shape index (κ2) is 6.35. The van der Waals surface area contributed by atoms with Crippen LogP contribution in [0.4, 0.5) is 0 Å². The zero-order valence-electron chi connectivity index (χ0n) is 11.0. The summed E-state index contributed by atoms with van der Waals surface area (Å²) in [6.07, 6.45) is 2.86. The molecular formula is C17H15NOS. The Labute approximate surface area is 122 Å². The lowest BCUT2D eigenvalue weighted by Crippen LogP contribution is -1.95. The largest absolute Gasteiger partial charge is 0.489 e. The second-order valence-corrected chi connectivity index (χ2v) is 5.53. The first kappa shape index (κ1) is 12.9. The van der Waals surface area contributed by atoms with Crippen LogP contribution in [-0.4, -0.2) is 4.98 Å². The van der Waals surface area contributed by atoms with E-state index in [2.05, 4.69) is 29.2 Å². The summed E-state index contributed by atoms with van der Waals surface area (Å²) in [5, 5.41) is 0. The third-order valence-electron chi connectivity index (χ3n) is 3.03. The Balaban J connectivity index is 1.59. The minimum absolute atomic E-state index is 0.606. The fourth-order valence-electron chi connectivity index (χ4n) is 1.98. The highest BCUT2D eigenvalue weighted by Gasteiger charge is 1.99. The Morgan fingerprint density at radius 3 is 2.40 bits per heavy atom. The van der Waals surface area contributed by atoms with Gasteiger partial charge in [0.15, 0.2) is 0 Å².